The van der Waals surface area contributed by atoms with Crippen LogP contribution >= 0.6 is 0 Å². The third kappa shape index (κ3) is 2.09. The Morgan fingerprint density at radius 3 is 2.88 bits per heavy atom. The molecule has 2 aromatic rings. The maximum Gasteiger partial charge on any atom is 0.165 e. The molecule has 3 nitrogen and oxygen atoms in total. The molecule has 16 heavy (non-hydrogen) atoms. The van der Waals surface area contributed by atoms with E-state index in [9.17, 15) is 9.90 Å². The number of para-hydroxylation sites is 1. The molecule has 0 fully saturated rings. The van der Waals surface area contributed by atoms with Gasteiger partial charge in [0.1, 0.15) is 6.10 Å². The molecule has 1 heterocycles. The fourth-order valence-corrected chi connectivity index (χ4v) is 1.64. The van der Waals surface area contributed by atoms with Crippen LogP contribution in [0.1, 0.15) is 12.5 Å². The summed E-state index contributed by atoms with van der Waals surface area (Å²) in [6.07, 6.45) is 1.03. The van der Waals surface area contributed by atoms with E-state index in [1.807, 2.05) is 30.3 Å². The van der Waals surface area contributed by atoms with Crippen molar-refractivity contribution in [2.45, 2.75) is 19.4 Å². The zero-order valence-electron chi connectivity index (χ0n) is 9.05. The molecular formula is C13H13NO2. The predicted octanol–water partition coefficient (Wildman–Crippen LogP) is 1.73. The Labute approximate surface area is 93.7 Å². The highest BCUT2D eigenvalue weighted by molar-refractivity contribution is 5.90. The number of carbonyl (C=O) groups excluding carboxylic acids is 1. The van der Waals surface area contributed by atoms with E-state index in [1.54, 1.807) is 6.20 Å². The summed E-state index contributed by atoms with van der Waals surface area (Å²) in [5.41, 5.74) is 1.79. The van der Waals surface area contributed by atoms with Gasteiger partial charge in [0.15, 0.2) is 5.78 Å². The highest BCUT2D eigenvalue weighted by atomic mass is 16.3. The monoisotopic (exact) mass is 215 g/mol. The molecule has 0 radical (unpaired) electrons. The molecule has 0 saturated heterocycles. The number of carbonyl (C=O) groups is 1. The number of ketones is 1. The lowest BCUT2D eigenvalue weighted by molar-refractivity contribution is -0.125. The van der Waals surface area contributed by atoms with Gasteiger partial charge >= 0.3 is 0 Å². The van der Waals surface area contributed by atoms with E-state index >= 15 is 0 Å². The number of benzene rings is 1. The maximum absolute atomic E-state index is 11.5. The van der Waals surface area contributed by atoms with E-state index in [0.29, 0.717) is 0 Å². The van der Waals surface area contributed by atoms with E-state index in [0.717, 1.165) is 16.5 Å². The second-order valence-electron chi connectivity index (χ2n) is 3.81. The Bertz CT molecular complexity index is 515. The van der Waals surface area contributed by atoms with Crippen molar-refractivity contribution in [2.75, 3.05) is 0 Å². The normalized spacial score (nSPS) is 12.6. The molecule has 82 valence electrons. The lowest BCUT2D eigenvalue weighted by Gasteiger charge is -2.06. The fourth-order valence-electron chi connectivity index (χ4n) is 1.64. The lowest BCUT2D eigenvalue weighted by Crippen LogP contribution is -2.18. The standard InChI is InChI=1S/C13H13NO2/c1-9(15)13(16)8-10-6-7-14-12-5-3-2-4-11(10)12/h2-7,9,15H,8H2,1H3. The van der Waals surface area contributed by atoms with Crippen molar-refractivity contribution in [2.24, 2.45) is 0 Å². The van der Waals surface area contributed by atoms with Crippen molar-refractivity contribution in [3.63, 3.8) is 0 Å². The minimum Gasteiger partial charge on any atom is -0.386 e. The molecule has 1 aromatic heterocycles. The van der Waals surface area contributed by atoms with Crippen molar-refractivity contribution in [1.29, 1.82) is 0 Å². The van der Waals surface area contributed by atoms with Gasteiger partial charge in [0.2, 0.25) is 0 Å². The Kier molecular flexibility index (Phi) is 2.97. The van der Waals surface area contributed by atoms with Gasteiger partial charge in [-0.15, -0.1) is 0 Å². The largest absolute Gasteiger partial charge is 0.386 e. The number of hydrogen-bond acceptors (Lipinski definition) is 3. The Morgan fingerprint density at radius 2 is 2.12 bits per heavy atom. The van der Waals surface area contributed by atoms with Crippen LogP contribution in [-0.2, 0) is 11.2 Å². The first-order valence-corrected chi connectivity index (χ1v) is 5.22. The van der Waals surface area contributed by atoms with Crippen molar-refractivity contribution in [1.82, 2.24) is 4.98 Å². The van der Waals surface area contributed by atoms with Gasteiger partial charge in [-0.05, 0) is 24.6 Å². The van der Waals surface area contributed by atoms with Crippen molar-refractivity contribution >= 4 is 16.7 Å². The molecule has 1 unspecified atom stereocenters. The van der Waals surface area contributed by atoms with Gasteiger partial charge in [0.25, 0.3) is 0 Å². The highest BCUT2D eigenvalue weighted by Crippen LogP contribution is 2.17. The summed E-state index contributed by atoms with van der Waals surface area (Å²) in [5, 5.41) is 10.2. The molecule has 0 bridgehead atoms. The molecule has 0 amide bonds. The summed E-state index contributed by atoms with van der Waals surface area (Å²) in [5.74, 6) is -0.170. The molecule has 1 aromatic carbocycles. The van der Waals surface area contributed by atoms with Crippen LogP contribution in [0, 0.1) is 0 Å². The van der Waals surface area contributed by atoms with Crippen molar-refractivity contribution in [3.8, 4) is 0 Å². The van der Waals surface area contributed by atoms with Crippen LogP contribution in [0.25, 0.3) is 10.9 Å². The Morgan fingerprint density at radius 1 is 1.38 bits per heavy atom. The molecule has 0 saturated carbocycles. The van der Waals surface area contributed by atoms with Gasteiger partial charge < -0.3 is 5.11 Å². The van der Waals surface area contributed by atoms with E-state index in [2.05, 4.69) is 4.98 Å². The number of Topliss-reactive ketones (excluding diaryl/α,β-unsaturated/α-hetero) is 1. The third-order valence-electron chi connectivity index (χ3n) is 2.57. The fraction of sp³-hybridized carbons (Fsp3) is 0.231. The third-order valence-corrected chi connectivity index (χ3v) is 2.57. The first-order chi connectivity index (χ1) is 7.68. The summed E-state index contributed by atoms with van der Waals surface area (Å²) in [4.78, 5) is 15.7. The van der Waals surface area contributed by atoms with Gasteiger partial charge in [0, 0.05) is 18.0 Å². The number of hydrogen-bond donors (Lipinski definition) is 1. The van der Waals surface area contributed by atoms with Gasteiger partial charge in [-0.1, -0.05) is 18.2 Å². The number of nitrogens with zero attached hydrogens (tertiary/aromatic N) is 1. The average Bonchev–Trinajstić information content (AvgIpc) is 2.29. The van der Waals surface area contributed by atoms with Gasteiger partial charge in [0.05, 0.1) is 5.52 Å². The molecule has 3 heteroatoms. The molecule has 0 aliphatic heterocycles. The van der Waals surface area contributed by atoms with Crippen LogP contribution in [0.3, 0.4) is 0 Å². The van der Waals surface area contributed by atoms with Crippen LogP contribution < -0.4 is 0 Å². The Hall–Kier alpha value is -1.74. The smallest absolute Gasteiger partial charge is 0.165 e. The van der Waals surface area contributed by atoms with Crippen LogP contribution in [0.4, 0.5) is 0 Å². The van der Waals surface area contributed by atoms with Crippen LogP contribution in [0.15, 0.2) is 36.5 Å². The van der Waals surface area contributed by atoms with Crippen LogP contribution in [0.2, 0.25) is 0 Å². The first-order valence-electron chi connectivity index (χ1n) is 5.22. The lowest BCUT2D eigenvalue weighted by atomic mass is 10.0. The number of rotatable bonds is 3. The molecule has 0 aliphatic rings. The number of aliphatic hydroxyl groups excluding tert-OH is 1. The number of pyridine rings is 1. The van der Waals surface area contributed by atoms with E-state index < -0.39 is 6.10 Å². The second-order valence-corrected chi connectivity index (χ2v) is 3.81. The molecule has 1 atom stereocenters. The summed E-state index contributed by atoms with van der Waals surface area (Å²) in [6.45, 7) is 1.49. The number of aliphatic hydroxyl groups is 1. The van der Waals surface area contributed by atoms with Gasteiger partial charge in [-0.25, -0.2) is 0 Å². The molecule has 0 spiro atoms. The van der Waals surface area contributed by atoms with E-state index in [4.69, 9.17) is 0 Å². The van der Waals surface area contributed by atoms with Crippen LogP contribution in [0.5, 0.6) is 0 Å². The molecule has 0 aliphatic carbocycles. The molecular weight excluding hydrogens is 202 g/mol. The quantitative estimate of drug-likeness (QED) is 0.848. The number of aromatic nitrogens is 1. The molecule has 1 N–H and O–H groups in total. The van der Waals surface area contributed by atoms with Gasteiger partial charge in [-0.2, -0.15) is 0 Å². The van der Waals surface area contributed by atoms with Crippen molar-refractivity contribution < 1.29 is 9.90 Å². The first kappa shape index (κ1) is 10.8. The zero-order chi connectivity index (χ0) is 11.5. The average molecular weight is 215 g/mol. The van der Waals surface area contributed by atoms with Gasteiger partial charge in [-0.3, -0.25) is 9.78 Å². The molecule has 2 rings (SSSR count). The summed E-state index contributed by atoms with van der Waals surface area (Å²) < 4.78 is 0. The van der Waals surface area contributed by atoms with E-state index in [-0.39, 0.29) is 12.2 Å². The summed E-state index contributed by atoms with van der Waals surface area (Å²) >= 11 is 0. The SMILES string of the molecule is CC(O)C(=O)Cc1ccnc2ccccc12. The van der Waals surface area contributed by atoms with E-state index in [1.165, 1.54) is 6.92 Å². The minimum atomic E-state index is -0.910. The summed E-state index contributed by atoms with van der Waals surface area (Å²) in [6, 6.07) is 9.50. The zero-order valence-corrected chi connectivity index (χ0v) is 9.05. The summed E-state index contributed by atoms with van der Waals surface area (Å²) in [7, 11) is 0. The van der Waals surface area contributed by atoms with Crippen LogP contribution in [-0.4, -0.2) is 22.0 Å². The minimum absolute atomic E-state index is 0.170. The highest BCUT2D eigenvalue weighted by Gasteiger charge is 2.11. The maximum atomic E-state index is 11.5. The Balaban J connectivity index is 2.41. The second kappa shape index (κ2) is 4.41. The predicted molar refractivity (Wildman–Crippen MR) is 62.1 cm³/mol. The topological polar surface area (TPSA) is 50.2 Å². The number of fused-ring (bicyclic) bond motifs is 1. The van der Waals surface area contributed by atoms with Crippen molar-refractivity contribution in [3.05, 3.63) is 42.1 Å².